The molecule has 27 heavy (non-hydrogen) atoms. The molecule has 144 valence electrons. The van der Waals surface area contributed by atoms with Gasteiger partial charge in [-0.3, -0.25) is 4.90 Å². The summed E-state index contributed by atoms with van der Waals surface area (Å²) >= 11 is 0. The zero-order chi connectivity index (χ0) is 18.5. The summed E-state index contributed by atoms with van der Waals surface area (Å²) in [5, 5.41) is 3.57. The van der Waals surface area contributed by atoms with Gasteiger partial charge in [0.2, 0.25) is 11.8 Å². The second-order valence-corrected chi connectivity index (χ2v) is 6.92. The molecule has 0 radical (unpaired) electrons. The number of anilines is 2. The van der Waals surface area contributed by atoms with Crippen LogP contribution in [0.4, 0.5) is 11.8 Å². The van der Waals surface area contributed by atoms with Crippen molar-refractivity contribution < 1.29 is 9.47 Å². The maximum absolute atomic E-state index is 5.40. The molecule has 8 heteroatoms. The Morgan fingerprint density at radius 1 is 1.19 bits per heavy atom. The van der Waals surface area contributed by atoms with Gasteiger partial charge in [-0.15, -0.1) is 0 Å². The van der Waals surface area contributed by atoms with Crippen molar-refractivity contribution in [2.24, 2.45) is 0 Å². The first-order valence-electron chi connectivity index (χ1n) is 9.44. The minimum Gasteiger partial charge on any atom is -0.481 e. The van der Waals surface area contributed by atoms with Gasteiger partial charge in [0.05, 0.1) is 20.3 Å². The molecule has 4 rings (SSSR count). The molecule has 0 aliphatic carbocycles. The third kappa shape index (κ3) is 4.64. The number of methoxy groups -OCH3 is 1. The largest absolute Gasteiger partial charge is 0.481 e. The predicted molar refractivity (Wildman–Crippen MR) is 103 cm³/mol. The number of pyridine rings is 1. The van der Waals surface area contributed by atoms with Gasteiger partial charge in [-0.1, -0.05) is 6.07 Å². The van der Waals surface area contributed by atoms with E-state index < -0.39 is 0 Å². The number of aromatic nitrogens is 3. The highest BCUT2D eigenvalue weighted by Gasteiger charge is 2.23. The van der Waals surface area contributed by atoms with Crippen LogP contribution in [-0.4, -0.2) is 72.4 Å². The molecule has 8 nitrogen and oxygen atoms in total. The summed E-state index contributed by atoms with van der Waals surface area (Å²) in [5.41, 5.74) is 1.20. The van der Waals surface area contributed by atoms with E-state index in [1.165, 1.54) is 5.56 Å². The van der Waals surface area contributed by atoms with Gasteiger partial charge in [0.1, 0.15) is 5.82 Å². The van der Waals surface area contributed by atoms with E-state index in [0.29, 0.717) is 11.9 Å². The van der Waals surface area contributed by atoms with Crippen molar-refractivity contribution in [2.75, 3.05) is 56.7 Å². The second-order valence-electron chi connectivity index (χ2n) is 6.92. The Labute approximate surface area is 159 Å². The summed E-state index contributed by atoms with van der Waals surface area (Å²) in [5.74, 6) is 2.33. The van der Waals surface area contributed by atoms with Gasteiger partial charge in [-0.2, -0.15) is 4.98 Å². The molecule has 0 spiro atoms. The van der Waals surface area contributed by atoms with Crippen molar-refractivity contribution in [3.05, 3.63) is 36.2 Å². The Kier molecular flexibility index (Phi) is 5.64. The number of rotatable bonds is 6. The van der Waals surface area contributed by atoms with E-state index in [4.69, 9.17) is 14.5 Å². The number of nitrogens with one attached hydrogen (secondary N) is 1. The molecule has 0 aromatic carbocycles. The first-order valence-corrected chi connectivity index (χ1v) is 9.44. The number of nitrogens with zero attached hydrogens (tertiary/aromatic N) is 5. The minimum absolute atomic E-state index is 0.392. The Morgan fingerprint density at radius 3 is 2.85 bits per heavy atom. The lowest BCUT2D eigenvalue weighted by Gasteiger charge is -2.27. The number of ether oxygens (including phenoxy) is 2. The Bertz CT molecular complexity index is 735. The molecule has 0 amide bonds. The van der Waals surface area contributed by atoms with Crippen LogP contribution in [0, 0.1) is 0 Å². The van der Waals surface area contributed by atoms with Crippen molar-refractivity contribution in [2.45, 2.75) is 19.0 Å². The van der Waals surface area contributed by atoms with Crippen LogP contribution in [-0.2, 0) is 11.3 Å². The van der Waals surface area contributed by atoms with E-state index in [0.717, 1.165) is 64.1 Å². The highest BCUT2D eigenvalue weighted by molar-refractivity contribution is 5.42. The highest BCUT2D eigenvalue weighted by Crippen LogP contribution is 2.19. The van der Waals surface area contributed by atoms with Gasteiger partial charge in [0, 0.05) is 57.2 Å². The van der Waals surface area contributed by atoms with Crippen LogP contribution < -0.4 is 15.0 Å². The lowest BCUT2D eigenvalue weighted by molar-refractivity contribution is 0.122. The first kappa shape index (κ1) is 17.9. The van der Waals surface area contributed by atoms with Crippen molar-refractivity contribution >= 4 is 11.8 Å². The minimum atomic E-state index is 0.392. The summed E-state index contributed by atoms with van der Waals surface area (Å²) in [4.78, 5) is 18.0. The van der Waals surface area contributed by atoms with Crippen LogP contribution in [0.1, 0.15) is 12.0 Å². The van der Waals surface area contributed by atoms with Gasteiger partial charge in [0.15, 0.2) is 0 Å². The third-order valence-corrected chi connectivity index (χ3v) is 4.97. The SMILES string of the molecule is COc1ccc(CN2CCC(Nc3ccnc(N4CCOCC4)n3)C2)cn1. The molecule has 1 atom stereocenters. The zero-order valence-electron chi connectivity index (χ0n) is 15.7. The normalized spacial score (nSPS) is 20.6. The number of likely N-dealkylation sites (tertiary alicyclic amines) is 1. The van der Waals surface area contributed by atoms with Gasteiger partial charge in [-0.05, 0) is 18.1 Å². The fourth-order valence-electron chi connectivity index (χ4n) is 3.53. The zero-order valence-corrected chi connectivity index (χ0v) is 15.7. The quantitative estimate of drug-likeness (QED) is 0.818. The number of morpholine rings is 1. The molecular formula is C19H26N6O2. The van der Waals surface area contributed by atoms with E-state index in [1.54, 1.807) is 7.11 Å². The Hall–Kier alpha value is -2.45. The maximum Gasteiger partial charge on any atom is 0.227 e. The molecule has 2 fully saturated rings. The molecule has 2 aliphatic heterocycles. The molecule has 4 heterocycles. The molecular weight excluding hydrogens is 344 g/mol. The van der Waals surface area contributed by atoms with Gasteiger partial charge < -0.3 is 19.7 Å². The lowest BCUT2D eigenvalue weighted by Crippen LogP contribution is -2.37. The monoisotopic (exact) mass is 370 g/mol. The average molecular weight is 370 g/mol. The summed E-state index contributed by atoms with van der Waals surface area (Å²) < 4.78 is 10.5. The van der Waals surface area contributed by atoms with Crippen LogP contribution in [0.3, 0.4) is 0 Å². The summed E-state index contributed by atoms with van der Waals surface area (Å²) in [6, 6.07) is 6.32. The van der Waals surface area contributed by atoms with E-state index in [2.05, 4.69) is 31.2 Å². The average Bonchev–Trinajstić information content (AvgIpc) is 3.16. The van der Waals surface area contributed by atoms with Crippen molar-refractivity contribution in [3.8, 4) is 5.88 Å². The number of hydrogen-bond acceptors (Lipinski definition) is 8. The smallest absolute Gasteiger partial charge is 0.227 e. The highest BCUT2D eigenvalue weighted by atomic mass is 16.5. The summed E-state index contributed by atoms with van der Waals surface area (Å²) in [6.45, 7) is 6.11. The predicted octanol–water partition coefficient (Wildman–Crippen LogP) is 1.40. The van der Waals surface area contributed by atoms with Gasteiger partial charge in [-0.25, -0.2) is 9.97 Å². The summed E-state index contributed by atoms with van der Waals surface area (Å²) in [7, 11) is 1.64. The Morgan fingerprint density at radius 2 is 2.07 bits per heavy atom. The molecule has 1 N–H and O–H groups in total. The van der Waals surface area contributed by atoms with Crippen molar-refractivity contribution in [1.82, 2.24) is 19.9 Å². The van der Waals surface area contributed by atoms with Gasteiger partial charge in [0.25, 0.3) is 0 Å². The van der Waals surface area contributed by atoms with E-state index in [1.807, 2.05) is 24.5 Å². The fraction of sp³-hybridized carbons (Fsp3) is 0.526. The van der Waals surface area contributed by atoms with Crippen LogP contribution in [0.15, 0.2) is 30.6 Å². The molecule has 2 aromatic rings. The standard InChI is InChI=1S/C19H26N6O2/c1-26-18-3-2-15(12-21-18)13-24-7-5-16(14-24)22-17-4-6-20-19(23-17)25-8-10-27-11-9-25/h2-4,6,12,16H,5,7-11,13-14H2,1H3,(H,20,22,23). The molecule has 1 unspecified atom stereocenters. The van der Waals surface area contributed by atoms with E-state index in [9.17, 15) is 0 Å². The second kappa shape index (κ2) is 8.49. The van der Waals surface area contributed by atoms with Crippen molar-refractivity contribution in [1.29, 1.82) is 0 Å². The van der Waals surface area contributed by atoms with Crippen molar-refractivity contribution in [3.63, 3.8) is 0 Å². The van der Waals surface area contributed by atoms with Gasteiger partial charge >= 0.3 is 0 Å². The topological polar surface area (TPSA) is 75.6 Å². The summed E-state index contributed by atoms with van der Waals surface area (Å²) in [6.07, 6.45) is 4.81. The van der Waals surface area contributed by atoms with Crippen LogP contribution in [0.25, 0.3) is 0 Å². The molecule has 0 saturated carbocycles. The Balaban J connectivity index is 1.31. The molecule has 2 saturated heterocycles. The lowest BCUT2D eigenvalue weighted by atomic mass is 10.2. The molecule has 2 aromatic heterocycles. The van der Waals surface area contributed by atoms with Crippen LogP contribution in [0.5, 0.6) is 5.88 Å². The maximum atomic E-state index is 5.40. The fourth-order valence-corrected chi connectivity index (χ4v) is 3.53. The van der Waals surface area contributed by atoms with E-state index in [-0.39, 0.29) is 0 Å². The third-order valence-electron chi connectivity index (χ3n) is 4.97. The molecule has 2 aliphatic rings. The first-order chi connectivity index (χ1) is 13.3. The molecule has 0 bridgehead atoms. The van der Waals surface area contributed by atoms with Crippen LogP contribution >= 0.6 is 0 Å². The number of hydrogen-bond donors (Lipinski definition) is 1. The van der Waals surface area contributed by atoms with Crippen LogP contribution in [0.2, 0.25) is 0 Å². The van der Waals surface area contributed by atoms with E-state index >= 15 is 0 Å².